The van der Waals surface area contributed by atoms with Crippen molar-refractivity contribution < 1.29 is 9.84 Å². The highest BCUT2D eigenvalue weighted by Gasteiger charge is 2.26. The number of rotatable bonds is 4. The molecule has 0 aromatic heterocycles. The second kappa shape index (κ2) is 5.28. The zero-order valence-electron chi connectivity index (χ0n) is 9.69. The Morgan fingerprint density at radius 3 is 2.67 bits per heavy atom. The Morgan fingerprint density at radius 1 is 1.27 bits per heavy atom. The van der Waals surface area contributed by atoms with E-state index in [9.17, 15) is 5.11 Å². The third kappa shape index (κ3) is 3.16. The molecule has 1 aliphatic heterocycles. The summed E-state index contributed by atoms with van der Waals surface area (Å²) in [7, 11) is 2.17. The Balaban J connectivity index is 1.69. The van der Waals surface area contributed by atoms with Gasteiger partial charge in [0.1, 0.15) is 0 Å². The Kier molecular flexibility index (Phi) is 4.00. The van der Waals surface area contributed by atoms with Gasteiger partial charge in [0, 0.05) is 25.6 Å². The van der Waals surface area contributed by atoms with Gasteiger partial charge in [0.2, 0.25) is 0 Å². The highest BCUT2D eigenvalue weighted by atomic mass is 16.5. The molecular formula is C12H23NO2. The molecule has 3 heteroatoms. The third-order valence-electron chi connectivity index (χ3n) is 3.77. The minimum Gasteiger partial charge on any atom is -0.393 e. The molecule has 0 aromatic carbocycles. The van der Waals surface area contributed by atoms with Crippen molar-refractivity contribution in [1.29, 1.82) is 0 Å². The van der Waals surface area contributed by atoms with Gasteiger partial charge < -0.3 is 14.7 Å². The summed E-state index contributed by atoms with van der Waals surface area (Å²) in [6.45, 7) is 3.64. The molecule has 0 spiro atoms. The number of nitrogens with zero attached hydrogens (tertiary/aromatic N) is 1. The zero-order chi connectivity index (χ0) is 10.7. The van der Waals surface area contributed by atoms with E-state index < -0.39 is 0 Å². The lowest BCUT2D eigenvalue weighted by atomic mass is 9.85. The lowest BCUT2D eigenvalue weighted by Gasteiger charge is -2.34. The summed E-state index contributed by atoms with van der Waals surface area (Å²) in [5.74, 6) is 1.24. The first-order valence-electron chi connectivity index (χ1n) is 6.20. The first-order valence-corrected chi connectivity index (χ1v) is 6.20. The molecule has 0 amide bonds. The third-order valence-corrected chi connectivity index (χ3v) is 3.77. The maximum atomic E-state index is 9.82. The summed E-state index contributed by atoms with van der Waals surface area (Å²) in [6.07, 6.45) is 4.86. The first kappa shape index (κ1) is 11.4. The summed E-state index contributed by atoms with van der Waals surface area (Å²) < 4.78 is 5.41. The van der Waals surface area contributed by atoms with Gasteiger partial charge >= 0.3 is 0 Å². The molecular weight excluding hydrogens is 190 g/mol. The van der Waals surface area contributed by atoms with Gasteiger partial charge in [-0.3, -0.25) is 0 Å². The van der Waals surface area contributed by atoms with Crippen LogP contribution < -0.4 is 0 Å². The highest BCUT2D eigenvalue weighted by molar-refractivity contribution is 4.78. The van der Waals surface area contributed by atoms with Crippen LogP contribution in [0.1, 0.15) is 25.7 Å². The molecule has 1 saturated carbocycles. The second-order valence-corrected chi connectivity index (χ2v) is 5.21. The van der Waals surface area contributed by atoms with E-state index in [4.69, 9.17) is 4.74 Å². The van der Waals surface area contributed by atoms with Crippen LogP contribution in [0.4, 0.5) is 0 Å². The maximum absolute atomic E-state index is 9.82. The summed E-state index contributed by atoms with van der Waals surface area (Å²) in [5, 5.41) is 9.82. The Hall–Kier alpha value is -0.120. The highest BCUT2D eigenvalue weighted by Crippen LogP contribution is 2.27. The van der Waals surface area contributed by atoms with Gasteiger partial charge in [-0.05, 0) is 32.2 Å². The van der Waals surface area contributed by atoms with Crippen molar-refractivity contribution in [2.24, 2.45) is 11.8 Å². The normalized spacial score (nSPS) is 33.0. The van der Waals surface area contributed by atoms with Crippen molar-refractivity contribution in [3.63, 3.8) is 0 Å². The number of ether oxygens (including phenoxy) is 1. The predicted molar refractivity (Wildman–Crippen MR) is 59.8 cm³/mol. The lowest BCUT2D eigenvalue weighted by molar-refractivity contribution is -0.0461. The number of aliphatic hydroxyl groups excluding tert-OH is 1. The number of hydrogen-bond acceptors (Lipinski definition) is 3. The molecule has 0 radical (unpaired) electrons. The fourth-order valence-corrected chi connectivity index (χ4v) is 2.55. The van der Waals surface area contributed by atoms with E-state index in [1.54, 1.807) is 0 Å². The summed E-state index contributed by atoms with van der Waals surface area (Å²) in [6, 6.07) is 0. The van der Waals surface area contributed by atoms with Crippen molar-refractivity contribution in [3.8, 4) is 0 Å². The van der Waals surface area contributed by atoms with Crippen molar-refractivity contribution in [3.05, 3.63) is 0 Å². The van der Waals surface area contributed by atoms with Gasteiger partial charge in [-0.2, -0.15) is 0 Å². The van der Waals surface area contributed by atoms with Crippen LogP contribution in [0.15, 0.2) is 0 Å². The Labute approximate surface area is 92.4 Å². The van der Waals surface area contributed by atoms with Crippen molar-refractivity contribution in [1.82, 2.24) is 4.90 Å². The van der Waals surface area contributed by atoms with Crippen LogP contribution in [0.5, 0.6) is 0 Å². The second-order valence-electron chi connectivity index (χ2n) is 5.21. The van der Waals surface area contributed by atoms with E-state index in [0.717, 1.165) is 32.1 Å². The smallest absolute Gasteiger partial charge is 0.0624 e. The molecule has 2 rings (SSSR count). The molecule has 2 unspecified atom stereocenters. The molecule has 2 fully saturated rings. The van der Waals surface area contributed by atoms with E-state index in [1.165, 1.54) is 25.8 Å². The Bertz CT molecular complexity index is 194. The number of hydrogen-bond donors (Lipinski definition) is 1. The molecule has 15 heavy (non-hydrogen) atoms. The largest absolute Gasteiger partial charge is 0.393 e. The van der Waals surface area contributed by atoms with Crippen molar-refractivity contribution >= 4 is 0 Å². The van der Waals surface area contributed by atoms with E-state index in [0.29, 0.717) is 5.92 Å². The van der Waals surface area contributed by atoms with Crippen LogP contribution in [0.25, 0.3) is 0 Å². The van der Waals surface area contributed by atoms with Gasteiger partial charge in [-0.15, -0.1) is 0 Å². The number of aliphatic hydroxyl groups is 1. The minimum absolute atomic E-state index is 0.150. The van der Waals surface area contributed by atoms with Crippen LogP contribution in [-0.4, -0.2) is 49.5 Å². The molecule has 1 saturated heterocycles. The van der Waals surface area contributed by atoms with Crippen LogP contribution in [-0.2, 0) is 4.74 Å². The minimum atomic E-state index is -0.150. The molecule has 3 nitrogen and oxygen atoms in total. The van der Waals surface area contributed by atoms with E-state index >= 15 is 0 Å². The molecule has 0 aromatic rings. The summed E-state index contributed by atoms with van der Waals surface area (Å²) in [4.78, 5) is 2.37. The van der Waals surface area contributed by atoms with Crippen LogP contribution in [0.2, 0.25) is 0 Å². The van der Waals surface area contributed by atoms with E-state index in [2.05, 4.69) is 11.9 Å². The summed E-state index contributed by atoms with van der Waals surface area (Å²) in [5.41, 5.74) is 0. The average Bonchev–Trinajstić information content (AvgIpc) is 2.16. The fraction of sp³-hybridized carbons (Fsp3) is 1.00. The molecule has 2 aliphatic rings. The summed E-state index contributed by atoms with van der Waals surface area (Å²) >= 11 is 0. The van der Waals surface area contributed by atoms with Gasteiger partial charge in [-0.1, -0.05) is 6.42 Å². The van der Waals surface area contributed by atoms with Gasteiger partial charge in [0.15, 0.2) is 0 Å². The van der Waals surface area contributed by atoms with Crippen molar-refractivity contribution in [2.75, 3.05) is 33.4 Å². The molecule has 1 N–H and O–H groups in total. The average molecular weight is 213 g/mol. The Morgan fingerprint density at radius 2 is 2.07 bits per heavy atom. The molecule has 1 heterocycles. The van der Waals surface area contributed by atoms with Gasteiger partial charge in [-0.25, -0.2) is 0 Å². The zero-order valence-corrected chi connectivity index (χ0v) is 9.69. The predicted octanol–water partition coefficient (Wildman–Crippen LogP) is 1.12. The standard InChI is InChI=1S/C12H23NO2/c1-13(7-10-3-2-4-10)8-11-9-15-6-5-12(11)14/h10-12,14H,2-9H2,1H3. The fourth-order valence-electron chi connectivity index (χ4n) is 2.55. The molecule has 0 bridgehead atoms. The van der Waals surface area contributed by atoms with Crippen molar-refractivity contribution in [2.45, 2.75) is 31.8 Å². The molecule has 88 valence electrons. The lowest BCUT2D eigenvalue weighted by Crippen LogP contribution is -2.41. The van der Waals surface area contributed by atoms with Crippen LogP contribution in [0.3, 0.4) is 0 Å². The first-order chi connectivity index (χ1) is 7.25. The maximum Gasteiger partial charge on any atom is 0.0624 e. The SMILES string of the molecule is CN(CC1CCC1)CC1COCCC1O. The monoisotopic (exact) mass is 213 g/mol. The van der Waals surface area contributed by atoms with Crippen LogP contribution in [0, 0.1) is 11.8 Å². The van der Waals surface area contributed by atoms with Gasteiger partial charge in [0.25, 0.3) is 0 Å². The van der Waals surface area contributed by atoms with E-state index in [-0.39, 0.29) is 6.10 Å². The van der Waals surface area contributed by atoms with E-state index in [1.807, 2.05) is 0 Å². The van der Waals surface area contributed by atoms with Gasteiger partial charge in [0.05, 0.1) is 12.7 Å². The quantitative estimate of drug-likeness (QED) is 0.759. The topological polar surface area (TPSA) is 32.7 Å². The molecule has 2 atom stereocenters. The van der Waals surface area contributed by atoms with Crippen LogP contribution >= 0.6 is 0 Å². The molecule has 1 aliphatic carbocycles.